The van der Waals surface area contributed by atoms with Crippen LogP contribution in [-0.4, -0.2) is 46.5 Å². The number of ether oxygens (including phenoxy) is 2. The highest BCUT2D eigenvalue weighted by Crippen LogP contribution is 2.12. The molecule has 0 aromatic heterocycles. The van der Waals surface area contributed by atoms with Gasteiger partial charge in [-0.15, -0.1) is 0 Å². The summed E-state index contributed by atoms with van der Waals surface area (Å²) < 4.78 is 32.9. The van der Waals surface area contributed by atoms with Crippen molar-refractivity contribution in [3.8, 4) is 0 Å². The van der Waals surface area contributed by atoms with Crippen LogP contribution in [0.2, 0.25) is 0 Å². The molecule has 1 unspecified atom stereocenters. The van der Waals surface area contributed by atoms with Crippen LogP contribution in [0.3, 0.4) is 0 Å². The van der Waals surface area contributed by atoms with E-state index in [0.717, 1.165) is 12.9 Å². The zero-order valence-corrected chi connectivity index (χ0v) is 8.67. The molecule has 0 radical (unpaired) electrons. The summed E-state index contributed by atoms with van der Waals surface area (Å²) in [6, 6.07) is 0. The zero-order chi connectivity index (χ0) is 10.6. The summed E-state index contributed by atoms with van der Waals surface area (Å²) in [7, 11) is -3.32. The Labute approximate surface area is 82.6 Å². The van der Waals surface area contributed by atoms with Crippen LogP contribution in [0.1, 0.15) is 6.42 Å². The lowest BCUT2D eigenvalue weighted by Crippen LogP contribution is -2.29. The quantitative estimate of drug-likeness (QED) is 0.455. The van der Waals surface area contributed by atoms with Gasteiger partial charge in [0, 0.05) is 6.42 Å². The molecule has 0 amide bonds. The highest BCUT2D eigenvalue weighted by Gasteiger charge is 2.22. The molecule has 6 nitrogen and oxygen atoms in total. The molecule has 0 aliphatic carbocycles. The Morgan fingerprint density at radius 1 is 1.64 bits per heavy atom. The van der Waals surface area contributed by atoms with Gasteiger partial charge in [0.15, 0.2) is 0 Å². The van der Waals surface area contributed by atoms with Crippen molar-refractivity contribution >= 4 is 16.0 Å². The van der Waals surface area contributed by atoms with Gasteiger partial charge in [-0.05, 0) is 0 Å². The molecule has 0 saturated carbocycles. The number of hydrogen-bond acceptors (Lipinski definition) is 5. The first-order chi connectivity index (χ1) is 6.47. The van der Waals surface area contributed by atoms with Gasteiger partial charge < -0.3 is 9.47 Å². The number of rotatable bonds is 6. The van der Waals surface area contributed by atoms with Gasteiger partial charge in [-0.1, -0.05) is 0 Å². The summed E-state index contributed by atoms with van der Waals surface area (Å²) in [5.41, 5.74) is 0. The van der Waals surface area contributed by atoms with E-state index in [2.05, 4.69) is 0 Å². The number of nitrogens with one attached hydrogen (secondary N) is 1. The maximum Gasteiger partial charge on any atom is 0.321 e. The van der Waals surface area contributed by atoms with E-state index in [4.69, 9.17) is 9.47 Å². The van der Waals surface area contributed by atoms with Crippen LogP contribution in [0, 0.1) is 0 Å². The summed E-state index contributed by atoms with van der Waals surface area (Å²) in [5.74, 6) is -0.573. The van der Waals surface area contributed by atoms with E-state index < -0.39 is 16.0 Å². The molecule has 1 fully saturated rings. The van der Waals surface area contributed by atoms with Gasteiger partial charge in [-0.25, -0.2) is 13.1 Å². The predicted molar refractivity (Wildman–Crippen MR) is 48.2 cm³/mol. The molecule has 0 aromatic rings. The molecule has 1 rings (SSSR count). The largest absolute Gasteiger partial charge is 0.465 e. The number of epoxide rings is 1. The van der Waals surface area contributed by atoms with E-state index in [-0.39, 0.29) is 19.3 Å². The zero-order valence-electron chi connectivity index (χ0n) is 7.86. The monoisotopic (exact) mass is 223 g/mol. The SMILES string of the molecule is CS(=O)(=O)NCC(=O)OCCC1CO1. The van der Waals surface area contributed by atoms with Crippen molar-refractivity contribution in [2.75, 3.05) is 26.0 Å². The summed E-state index contributed by atoms with van der Waals surface area (Å²) in [6.07, 6.45) is 1.87. The highest BCUT2D eigenvalue weighted by atomic mass is 32.2. The normalized spacial score (nSPS) is 20.5. The minimum Gasteiger partial charge on any atom is -0.465 e. The van der Waals surface area contributed by atoms with Crippen LogP contribution in [0.4, 0.5) is 0 Å². The molecule has 0 bridgehead atoms. The third kappa shape index (κ3) is 5.90. The summed E-state index contributed by atoms with van der Waals surface area (Å²) in [4.78, 5) is 10.9. The van der Waals surface area contributed by atoms with Crippen molar-refractivity contribution in [1.29, 1.82) is 0 Å². The fourth-order valence-electron chi connectivity index (χ4n) is 0.780. The van der Waals surface area contributed by atoms with E-state index in [0.29, 0.717) is 6.42 Å². The fourth-order valence-corrected chi connectivity index (χ4v) is 1.16. The van der Waals surface area contributed by atoms with Gasteiger partial charge >= 0.3 is 5.97 Å². The highest BCUT2D eigenvalue weighted by molar-refractivity contribution is 7.88. The smallest absolute Gasteiger partial charge is 0.321 e. The predicted octanol–water partition coefficient (Wildman–Crippen LogP) is -1.13. The maximum atomic E-state index is 10.9. The lowest BCUT2D eigenvalue weighted by Gasteiger charge is -2.03. The summed E-state index contributed by atoms with van der Waals surface area (Å²) in [5, 5.41) is 0. The minimum atomic E-state index is -3.32. The van der Waals surface area contributed by atoms with Gasteiger partial charge in [0.25, 0.3) is 0 Å². The number of sulfonamides is 1. The molecule has 14 heavy (non-hydrogen) atoms. The average Bonchev–Trinajstić information content (AvgIpc) is 2.83. The van der Waals surface area contributed by atoms with E-state index >= 15 is 0 Å². The first-order valence-electron chi connectivity index (χ1n) is 4.19. The molecule has 1 saturated heterocycles. The van der Waals surface area contributed by atoms with Crippen molar-refractivity contribution in [3.05, 3.63) is 0 Å². The molecular weight excluding hydrogens is 210 g/mol. The second-order valence-electron chi connectivity index (χ2n) is 3.06. The minimum absolute atomic E-state index is 0.214. The molecule has 1 atom stereocenters. The van der Waals surface area contributed by atoms with Gasteiger partial charge in [0.05, 0.1) is 25.6 Å². The standard InChI is InChI=1S/C7H13NO5S/c1-14(10,11)8-4-7(9)12-3-2-6-5-13-6/h6,8H,2-5H2,1H3. The lowest BCUT2D eigenvalue weighted by atomic mass is 10.3. The summed E-state index contributed by atoms with van der Waals surface area (Å²) in [6.45, 7) is 0.679. The van der Waals surface area contributed by atoms with E-state index in [1.54, 1.807) is 0 Å². The van der Waals surface area contributed by atoms with Crippen molar-refractivity contribution < 1.29 is 22.7 Å². The van der Waals surface area contributed by atoms with Gasteiger partial charge in [0.1, 0.15) is 6.54 Å². The van der Waals surface area contributed by atoms with Crippen LogP contribution in [0.5, 0.6) is 0 Å². The Morgan fingerprint density at radius 3 is 2.79 bits per heavy atom. The van der Waals surface area contributed by atoms with Crippen molar-refractivity contribution in [2.24, 2.45) is 0 Å². The molecule has 1 heterocycles. The van der Waals surface area contributed by atoms with E-state index in [1.165, 1.54) is 0 Å². The Hall–Kier alpha value is -0.660. The van der Waals surface area contributed by atoms with Crippen molar-refractivity contribution in [2.45, 2.75) is 12.5 Å². The molecule has 7 heteroatoms. The average molecular weight is 223 g/mol. The third-order valence-corrected chi connectivity index (χ3v) is 2.25. The first kappa shape index (κ1) is 11.4. The van der Waals surface area contributed by atoms with Crippen LogP contribution in [0.15, 0.2) is 0 Å². The Bertz CT molecular complexity index is 295. The maximum absolute atomic E-state index is 10.9. The number of esters is 1. The summed E-state index contributed by atoms with van der Waals surface area (Å²) >= 11 is 0. The molecule has 0 aromatic carbocycles. The first-order valence-corrected chi connectivity index (χ1v) is 6.08. The molecule has 1 aliphatic rings. The molecule has 1 N–H and O–H groups in total. The third-order valence-electron chi connectivity index (χ3n) is 1.58. The van der Waals surface area contributed by atoms with Crippen molar-refractivity contribution in [3.63, 3.8) is 0 Å². The van der Waals surface area contributed by atoms with Crippen LogP contribution in [0.25, 0.3) is 0 Å². The second-order valence-corrected chi connectivity index (χ2v) is 4.89. The number of hydrogen-bond donors (Lipinski definition) is 1. The molecule has 1 aliphatic heterocycles. The van der Waals surface area contributed by atoms with Gasteiger partial charge in [0.2, 0.25) is 10.0 Å². The van der Waals surface area contributed by atoms with E-state index in [1.807, 2.05) is 4.72 Å². The molecule has 0 spiro atoms. The second kappa shape index (κ2) is 4.72. The van der Waals surface area contributed by atoms with Crippen LogP contribution < -0.4 is 4.72 Å². The van der Waals surface area contributed by atoms with E-state index in [9.17, 15) is 13.2 Å². The van der Waals surface area contributed by atoms with Gasteiger partial charge in [-0.3, -0.25) is 4.79 Å². The van der Waals surface area contributed by atoms with Gasteiger partial charge in [-0.2, -0.15) is 0 Å². The van der Waals surface area contributed by atoms with Crippen LogP contribution >= 0.6 is 0 Å². The molecular formula is C7H13NO5S. The Balaban J connectivity index is 2.03. The van der Waals surface area contributed by atoms with Crippen molar-refractivity contribution in [1.82, 2.24) is 4.72 Å². The number of carbonyl (C=O) groups excluding carboxylic acids is 1. The topological polar surface area (TPSA) is 85.0 Å². The Kier molecular flexibility index (Phi) is 3.85. The van der Waals surface area contributed by atoms with Crippen LogP contribution in [-0.2, 0) is 24.3 Å². The molecule has 82 valence electrons. The fraction of sp³-hybridized carbons (Fsp3) is 0.857. The Morgan fingerprint density at radius 2 is 2.29 bits per heavy atom. The lowest BCUT2D eigenvalue weighted by molar-refractivity contribution is -0.142. The number of carbonyl (C=O) groups is 1.